The second-order valence-electron chi connectivity index (χ2n) is 6.67. The number of rotatable bonds is 2. The molecule has 1 unspecified atom stereocenters. The summed E-state index contributed by atoms with van der Waals surface area (Å²) in [5.41, 5.74) is 0.636. The number of fused-ring (bicyclic) bond motifs is 1. The third kappa shape index (κ3) is 2.61. The monoisotopic (exact) mass is 252 g/mol. The first-order valence-corrected chi connectivity index (χ1v) is 6.83. The van der Waals surface area contributed by atoms with Gasteiger partial charge < -0.3 is 9.47 Å². The van der Waals surface area contributed by atoms with E-state index >= 15 is 0 Å². The first-order chi connectivity index (χ1) is 8.32. The standard InChI is InChI=1S/C15H24O3/c1-9(2)12(18-14(16)15(3,4)5)11-10-7-6-8-17-13(10)11/h10-11,13H,6-8H2,1-5H3/t10-,11?,13-/m0/s1. The van der Waals surface area contributed by atoms with Gasteiger partial charge in [0.15, 0.2) is 0 Å². The van der Waals surface area contributed by atoms with Gasteiger partial charge in [-0.3, -0.25) is 4.79 Å². The van der Waals surface area contributed by atoms with Gasteiger partial charge in [-0.2, -0.15) is 0 Å². The van der Waals surface area contributed by atoms with E-state index in [0.29, 0.717) is 11.8 Å². The van der Waals surface area contributed by atoms with Gasteiger partial charge in [-0.1, -0.05) is 0 Å². The van der Waals surface area contributed by atoms with E-state index in [1.807, 2.05) is 34.6 Å². The molecule has 0 aromatic rings. The minimum absolute atomic E-state index is 0.151. The highest BCUT2D eigenvalue weighted by molar-refractivity contribution is 5.76. The van der Waals surface area contributed by atoms with Crippen molar-refractivity contribution in [1.82, 2.24) is 0 Å². The van der Waals surface area contributed by atoms with Crippen molar-refractivity contribution in [3.05, 3.63) is 11.3 Å². The molecule has 1 aliphatic carbocycles. The predicted molar refractivity (Wildman–Crippen MR) is 69.9 cm³/mol. The topological polar surface area (TPSA) is 35.5 Å². The largest absolute Gasteiger partial charge is 0.430 e. The minimum Gasteiger partial charge on any atom is -0.430 e. The average Bonchev–Trinajstić information content (AvgIpc) is 2.97. The van der Waals surface area contributed by atoms with Gasteiger partial charge in [0.05, 0.1) is 11.5 Å². The second-order valence-corrected chi connectivity index (χ2v) is 6.67. The molecule has 0 aromatic heterocycles. The van der Waals surface area contributed by atoms with Gasteiger partial charge in [0.1, 0.15) is 5.76 Å². The first-order valence-electron chi connectivity index (χ1n) is 6.83. The average molecular weight is 252 g/mol. The van der Waals surface area contributed by atoms with E-state index in [2.05, 4.69) is 0 Å². The fourth-order valence-corrected chi connectivity index (χ4v) is 2.55. The van der Waals surface area contributed by atoms with Crippen LogP contribution in [0.25, 0.3) is 0 Å². The van der Waals surface area contributed by atoms with Gasteiger partial charge in [0.2, 0.25) is 0 Å². The number of ether oxygens (including phenoxy) is 2. The maximum Gasteiger partial charge on any atom is 0.316 e. The Labute approximate surface area is 110 Å². The number of carbonyl (C=O) groups is 1. The number of esters is 1. The van der Waals surface area contributed by atoms with Crippen LogP contribution in [-0.2, 0) is 14.3 Å². The molecule has 2 aliphatic rings. The van der Waals surface area contributed by atoms with Crippen LogP contribution in [0.4, 0.5) is 0 Å². The molecule has 102 valence electrons. The molecule has 2 rings (SSSR count). The molecule has 18 heavy (non-hydrogen) atoms. The summed E-state index contributed by atoms with van der Waals surface area (Å²) in [6.45, 7) is 10.5. The lowest BCUT2D eigenvalue weighted by molar-refractivity contribution is -0.149. The van der Waals surface area contributed by atoms with Crippen molar-refractivity contribution in [2.75, 3.05) is 6.61 Å². The van der Waals surface area contributed by atoms with E-state index in [9.17, 15) is 4.79 Å². The molecule has 1 saturated carbocycles. The molecule has 0 radical (unpaired) electrons. The lowest BCUT2D eigenvalue weighted by Gasteiger charge is -2.19. The Balaban J connectivity index is 2.08. The third-order valence-electron chi connectivity index (χ3n) is 3.70. The highest BCUT2D eigenvalue weighted by atomic mass is 16.5. The highest BCUT2D eigenvalue weighted by Gasteiger charge is 2.56. The Morgan fingerprint density at radius 2 is 1.94 bits per heavy atom. The van der Waals surface area contributed by atoms with E-state index in [-0.39, 0.29) is 12.1 Å². The van der Waals surface area contributed by atoms with E-state index in [0.717, 1.165) is 24.4 Å². The molecule has 0 N–H and O–H groups in total. The van der Waals surface area contributed by atoms with Crippen LogP contribution in [-0.4, -0.2) is 18.7 Å². The van der Waals surface area contributed by atoms with Crippen LogP contribution in [0.3, 0.4) is 0 Å². The van der Waals surface area contributed by atoms with Crippen LogP contribution >= 0.6 is 0 Å². The van der Waals surface area contributed by atoms with Gasteiger partial charge in [-0.25, -0.2) is 0 Å². The Bertz CT molecular complexity index is 360. The van der Waals surface area contributed by atoms with Crippen molar-refractivity contribution in [1.29, 1.82) is 0 Å². The molecule has 0 aromatic carbocycles. The fourth-order valence-electron chi connectivity index (χ4n) is 2.55. The summed E-state index contributed by atoms with van der Waals surface area (Å²) in [7, 11) is 0. The quantitative estimate of drug-likeness (QED) is 0.559. The molecule has 0 bridgehead atoms. The molecule has 0 amide bonds. The summed E-state index contributed by atoms with van der Waals surface area (Å²) in [6.07, 6.45) is 2.61. The van der Waals surface area contributed by atoms with Crippen LogP contribution in [0.15, 0.2) is 11.3 Å². The van der Waals surface area contributed by atoms with E-state index < -0.39 is 5.41 Å². The third-order valence-corrected chi connectivity index (χ3v) is 3.70. The molecule has 3 heteroatoms. The lowest BCUT2D eigenvalue weighted by Crippen LogP contribution is -2.23. The van der Waals surface area contributed by atoms with Crippen molar-refractivity contribution in [2.45, 2.75) is 53.6 Å². The maximum absolute atomic E-state index is 12.0. The van der Waals surface area contributed by atoms with E-state index in [1.165, 1.54) is 6.42 Å². The molecule has 1 aliphatic heterocycles. The number of allylic oxidation sites excluding steroid dienone is 1. The van der Waals surface area contributed by atoms with Crippen molar-refractivity contribution >= 4 is 5.97 Å². The summed E-state index contributed by atoms with van der Waals surface area (Å²) >= 11 is 0. The van der Waals surface area contributed by atoms with Crippen LogP contribution in [0.1, 0.15) is 47.5 Å². The highest BCUT2D eigenvalue weighted by Crippen LogP contribution is 2.53. The Hall–Kier alpha value is -0.830. The van der Waals surface area contributed by atoms with E-state index in [4.69, 9.17) is 9.47 Å². The zero-order valence-electron chi connectivity index (χ0n) is 12.1. The smallest absolute Gasteiger partial charge is 0.316 e. The maximum atomic E-state index is 12.0. The number of carbonyl (C=O) groups excluding carboxylic acids is 1. The predicted octanol–water partition coefficient (Wildman–Crippen LogP) is 3.29. The Kier molecular flexibility index (Phi) is 3.54. The van der Waals surface area contributed by atoms with Gasteiger partial charge >= 0.3 is 5.97 Å². The summed E-state index contributed by atoms with van der Waals surface area (Å²) in [6, 6.07) is 0. The molecule has 1 saturated heterocycles. The van der Waals surface area contributed by atoms with Crippen molar-refractivity contribution in [2.24, 2.45) is 17.3 Å². The van der Waals surface area contributed by atoms with Crippen molar-refractivity contribution in [3.8, 4) is 0 Å². The Morgan fingerprint density at radius 3 is 2.39 bits per heavy atom. The lowest BCUT2D eigenvalue weighted by atomic mass is 9.97. The van der Waals surface area contributed by atoms with Gasteiger partial charge in [0, 0.05) is 12.5 Å². The summed E-state index contributed by atoms with van der Waals surface area (Å²) in [4.78, 5) is 12.0. The molecule has 1 heterocycles. The van der Waals surface area contributed by atoms with Gasteiger partial charge in [-0.15, -0.1) is 0 Å². The zero-order chi connectivity index (χ0) is 13.5. The first kappa shape index (κ1) is 13.6. The zero-order valence-corrected chi connectivity index (χ0v) is 12.1. The van der Waals surface area contributed by atoms with Gasteiger partial charge in [-0.05, 0) is 59.0 Å². The second kappa shape index (κ2) is 4.69. The van der Waals surface area contributed by atoms with Crippen LogP contribution in [0.5, 0.6) is 0 Å². The van der Waals surface area contributed by atoms with Crippen LogP contribution in [0.2, 0.25) is 0 Å². The normalized spacial score (nSPS) is 30.4. The van der Waals surface area contributed by atoms with E-state index in [1.54, 1.807) is 0 Å². The van der Waals surface area contributed by atoms with Crippen LogP contribution < -0.4 is 0 Å². The molecular formula is C15H24O3. The Morgan fingerprint density at radius 1 is 1.28 bits per heavy atom. The molecule has 3 nitrogen and oxygen atoms in total. The molecule has 3 atom stereocenters. The molecule has 2 fully saturated rings. The van der Waals surface area contributed by atoms with Gasteiger partial charge in [0.25, 0.3) is 0 Å². The number of hydrogen-bond donors (Lipinski definition) is 0. The fraction of sp³-hybridized carbons (Fsp3) is 0.800. The SMILES string of the molecule is CC(C)=C(OC(=O)C(C)(C)C)C1[C@H]2OCCC[C@@H]12. The van der Waals surface area contributed by atoms with Crippen molar-refractivity contribution < 1.29 is 14.3 Å². The summed E-state index contributed by atoms with van der Waals surface area (Å²) in [5.74, 6) is 1.58. The summed E-state index contributed by atoms with van der Waals surface area (Å²) in [5, 5.41) is 0. The number of hydrogen-bond acceptors (Lipinski definition) is 3. The van der Waals surface area contributed by atoms with Crippen LogP contribution in [0, 0.1) is 17.3 Å². The summed E-state index contributed by atoms with van der Waals surface area (Å²) < 4.78 is 11.4. The van der Waals surface area contributed by atoms with Crippen molar-refractivity contribution in [3.63, 3.8) is 0 Å². The molecule has 0 spiro atoms. The minimum atomic E-state index is -0.457. The molecular weight excluding hydrogens is 228 g/mol.